The molecule has 124 valence electrons. The molecule has 0 spiro atoms. The third-order valence-corrected chi connectivity index (χ3v) is 5.32. The van der Waals surface area contributed by atoms with Gasteiger partial charge in [0.05, 0.1) is 44.1 Å². The predicted molar refractivity (Wildman–Crippen MR) is 87.8 cm³/mol. The van der Waals surface area contributed by atoms with Gasteiger partial charge in [-0.2, -0.15) is 15.8 Å². The fraction of sp³-hybridized carbons (Fsp3) is 0.368. The summed E-state index contributed by atoms with van der Waals surface area (Å²) < 4.78 is 14.6. The van der Waals surface area contributed by atoms with Gasteiger partial charge in [0.2, 0.25) is 0 Å². The van der Waals surface area contributed by atoms with Crippen molar-refractivity contribution in [2.45, 2.75) is 5.92 Å². The minimum Gasteiger partial charge on any atom is -0.334 e. The van der Waals surface area contributed by atoms with Gasteiger partial charge in [0, 0.05) is 11.8 Å². The summed E-state index contributed by atoms with van der Waals surface area (Å²) in [4.78, 5) is 1.16. The average molecular weight is 334 g/mol. The molecule has 1 aromatic rings. The number of benzene rings is 1. The van der Waals surface area contributed by atoms with Gasteiger partial charge in [-0.25, -0.2) is 4.39 Å². The molecule has 6 heteroatoms. The van der Waals surface area contributed by atoms with Crippen molar-refractivity contribution in [3.63, 3.8) is 0 Å². The van der Waals surface area contributed by atoms with Crippen molar-refractivity contribution < 1.29 is 9.29 Å². The zero-order chi connectivity index (χ0) is 18.2. The van der Waals surface area contributed by atoms with E-state index in [4.69, 9.17) is 5.41 Å². The highest BCUT2D eigenvalue weighted by Crippen LogP contribution is 2.52. The summed E-state index contributed by atoms with van der Waals surface area (Å²) in [5.74, 6) is -2.53. The SMILES string of the molecule is C[NH+]1CC=C2C(C#N)C(=N)C(C#N)(C#N)[C@H](c3ccccc3F)[C@@H]2C1. The van der Waals surface area contributed by atoms with Gasteiger partial charge in [-0.05, 0) is 23.3 Å². The number of rotatable bonds is 1. The van der Waals surface area contributed by atoms with Crippen LogP contribution in [0.2, 0.25) is 0 Å². The van der Waals surface area contributed by atoms with Gasteiger partial charge < -0.3 is 10.3 Å². The normalized spacial score (nSPS) is 30.2. The summed E-state index contributed by atoms with van der Waals surface area (Å²) in [6, 6.07) is 12.1. The lowest BCUT2D eigenvalue weighted by atomic mass is 9.54. The molecule has 25 heavy (non-hydrogen) atoms. The van der Waals surface area contributed by atoms with Gasteiger partial charge in [0.15, 0.2) is 5.41 Å². The second-order valence-electron chi connectivity index (χ2n) is 6.68. The van der Waals surface area contributed by atoms with Crippen molar-refractivity contribution in [2.24, 2.45) is 17.3 Å². The maximum Gasteiger partial charge on any atom is 0.190 e. The van der Waals surface area contributed by atoms with Crippen LogP contribution in [-0.4, -0.2) is 25.8 Å². The van der Waals surface area contributed by atoms with E-state index in [2.05, 4.69) is 6.07 Å². The zero-order valence-electron chi connectivity index (χ0n) is 13.8. The number of nitrogens with zero attached hydrogens (tertiary/aromatic N) is 3. The molecule has 5 nitrogen and oxygen atoms in total. The molecule has 1 aliphatic heterocycles. The van der Waals surface area contributed by atoms with Crippen LogP contribution in [0.3, 0.4) is 0 Å². The minimum absolute atomic E-state index is 0.240. The Morgan fingerprint density at radius 1 is 1.24 bits per heavy atom. The Morgan fingerprint density at radius 2 is 1.92 bits per heavy atom. The Balaban J connectivity index is 2.30. The molecule has 1 aliphatic carbocycles. The highest BCUT2D eigenvalue weighted by atomic mass is 19.1. The topological polar surface area (TPSA) is 99.7 Å². The van der Waals surface area contributed by atoms with Crippen LogP contribution in [0.25, 0.3) is 0 Å². The smallest absolute Gasteiger partial charge is 0.190 e. The maximum atomic E-state index is 14.6. The number of nitriles is 3. The molecule has 0 radical (unpaired) electrons. The lowest BCUT2D eigenvalue weighted by molar-refractivity contribution is -0.878. The fourth-order valence-electron chi connectivity index (χ4n) is 4.13. The number of nitrogens with one attached hydrogen (secondary N) is 2. The van der Waals surface area contributed by atoms with E-state index in [1.807, 2.05) is 25.3 Å². The van der Waals surface area contributed by atoms with Crippen molar-refractivity contribution in [1.29, 1.82) is 21.2 Å². The second kappa shape index (κ2) is 6.13. The molecule has 2 N–H and O–H groups in total. The van der Waals surface area contributed by atoms with Gasteiger partial charge in [0.1, 0.15) is 11.7 Å². The lowest BCUT2D eigenvalue weighted by Gasteiger charge is -2.45. The summed E-state index contributed by atoms with van der Waals surface area (Å²) >= 11 is 0. The Bertz CT molecular complexity index is 868. The first-order valence-electron chi connectivity index (χ1n) is 8.06. The van der Waals surface area contributed by atoms with E-state index in [-0.39, 0.29) is 17.2 Å². The van der Waals surface area contributed by atoms with Gasteiger partial charge in [0.25, 0.3) is 0 Å². The Hall–Kier alpha value is -3.01. The third kappa shape index (κ3) is 2.33. The van der Waals surface area contributed by atoms with Crippen LogP contribution in [0, 0.1) is 62.5 Å². The number of likely N-dealkylation sites (N-methyl/N-ethyl adjacent to an activating group) is 1. The molecule has 0 bridgehead atoms. The molecule has 1 fully saturated rings. The summed E-state index contributed by atoms with van der Waals surface area (Å²) in [6.45, 7) is 1.29. The summed E-state index contributed by atoms with van der Waals surface area (Å²) in [5.41, 5.74) is -1.08. The molecule has 2 unspecified atom stereocenters. The van der Waals surface area contributed by atoms with Gasteiger partial charge >= 0.3 is 0 Å². The highest BCUT2D eigenvalue weighted by molar-refractivity contribution is 6.00. The monoisotopic (exact) mass is 334 g/mol. The van der Waals surface area contributed by atoms with Crippen molar-refractivity contribution in [3.05, 3.63) is 47.3 Å². The van der Waals surface area contributed by atoms with Gasteiger partial charge in [-0.1, -0.05) is 18.2 Å². The summed E-state index contributed by atoms with van der Waals surface area (Å²) in [7, 11) is 1.98. The van der Waals surface area contributed by atoms with E-state index in [9.17, 15) is 20.2 Å². The fourth-order valence-corrected chi connectivity index (χ4v) is 4.13. The molecule has 1 aromatic carbocycles. The Labute approximate surface area is 145 Å². The molecule has 0 amide bonds. The van der Waals surface area contributed by atoms with E-state index in [0.29, 0.717) is 13.1 Å². The summed E-state index contributed by atoms with van der Waals surface area (Å²) in [5, 5.41) is 37.7. The van der Waals surface area contributed by atoms with Crippen LogP contribution in [0.4, 0.5) is 4.39 Å². The number of hydrogen-bond donors (Lipinski definition) is 2. The van der Waals surface area contributed by atoms with E-state index in [1.54, 1.807) is 18.2 Å². The molecule has 0 aromatic heterocycles. The van der Waals surface area contributed by atoms with E-state index < -0.39 is 23.1 Å². The standard InChI is InChI=1S/C19H16FN5/c1-25-7-6-12-14(8-21)18(24)19(10-22,11-23)17(15(12)9-25)13-4-2-3-5-16(13)20/h2-6,14-15,17,24H,7,9H2,1H3/p+1/t14?,15-,17-/m1/s1. The van der Waals surface area contributed by atoms with Crippen molar-refractivity contribution >= 4 is 5.71 Å². The molecule has 0 saturated heterocycles. The first-order chi connectivity index (χ1) is 12.0. The molecule has 2 aliphatic rings. The van der Waals surface area contributed by atoms with Crippen molar-refractivity contribution in [1.82, 2.24) is 0 Å². The van der Waals surface area contributed by atoms with Crippen LogP contribution in [0.15, 0.2) is 35.9 Å². The predicted octanol–water partition coefficient (Wildman–Crippen LogP) is 1.19. The van der Waals surface area contributed by atoms with Gasteiger partial charge in [-0.3, -0.25) is 0 Å². The second-order valence-corrected chi connectivity index (χ2v) is 6.68. The number of halogens is 1. The first-order valence-corrected chi connectivity index (χ1v) is 8.06. The van der Waals surface area contributed by atoms with Crippen molar-refractivity contribution in [3.8, 4) is 18.2 Å². The van der Waals surface area contributed by atoms with Crippen molar-refractivity contribution in [2.75, 3.05) is 20.1 Å². The molecular weight excluding hydrogens is 317 g/mol. The van der Waals surface area contributed by atoms with E-state index >= 15 is 0 Å². The Kier molecular flexibility index (Phi) is 4.13. The largest absolute Gasteiger partial charge is 0.334 e. The van der Waals surface area contributed by atoms with Crippen LogP contribution >= 0.6 is 0 Å². The maximum absolute atomic E-state index is 14.6. The Morgan fingerprint density at radius 3 is 2.52 bits per heavy atom. The minimum atomic E-state index is -1.85. The van der Waals surface area contributed by atoms with E-state index in [0.717, 1.165) is 10.5 Å². The number of hydrogen-bond acceptors (Lipinski definition) is 4. The van der Waals surface area contributed by atoms with Crippen LogP contribution in [0.1, 0.15) is 11.5 Å². The zero-order valence-corrected chi connectivity index (χ0v) is 13.8. The number of quaternary nitrogens is 1. The molecule has 1 saturated carbocycles. The van der Waals surface area contributed by atoms with Gasteiger partial charge in [-0.15, -0.1) is 0 Å². The molecular formula is C19H17FN5+. The summed E-state index contributed by atoms with van der Waals surface area (Å²) in [6.07, 6.45) is 1.92. The molecule has 3 rings (SSSR count). The highest BCUT2D eigenvalue weighted by Gasteiger charge is 2.58. The molecule has 4 atom stereocenters. The molecule has 1 heterocycles. The lowest BCUT2D eigenvalue weighted by Crippen LogP contribution is -3.10. The van der Waals surface area contributed by atoms with Crippen LogP contribution in [-0.2, 0) is 0 Å². The number of fused-ring (bicyclic) bond motifs is 1. The first kappa shape index (κ1) is 16.8. The van der Waals surface area contributed by atoms with Crippen LogP contribution in [0.5, 0.6) is 0 Å². The third-order valence-electron chi connectivity index (χ3n) is 5.32. The van der Waals surface area contributed by atoms with E-state index in [1.165, 1.54) is 6.07 Å². The quantitative estimate of drug-likeness (QED) is 0.754. The van der Waals surface area contributed by atoms with Crippen LogP contribution < -0.4 is 4.90 Å². The average Bonchev–Trinajstić information content (AvgIpc) is 2.62.